The zero-order valence-corrected chi connectivity index (χ0v) is 7.51. The van der Waals surface area contributed by atoms with Crippen molar-refractivity contribution < 1.29 is 13.2 Å². The third kappa shape index (κ3) is 2.91. The van der Waals surface area contributed by atoms with E-state index in [0.717, 1.165) is 17.7 Å². The number of rotatable bonds is 2. The van der Waals surface area contributed by atoms with Crippen LogP contribution in [0.4, 0.5) is 13.2 Å². The maximum absolute atomic E-state index is 12.1. The summed E-state index contributed by atoms with van der Waals surface area (Å²) in [6, 6.07) is 5.02. The van der Waals surface area contributed by atoms with Crippen molar-refractivity contribution in [3.63, 3.8) is 0 Å². The summed E-state index contributed by atoms with van der Waals surface area (Å²) >= 11 is 0. The topological polar surface area (TPSA) is 0 Å². The Labute approximate surface area is 81.1 Å². The lowest BCUT2D eigenvalue weighted by atomic mass is 10.1. The largest absolute Gasteiger partial charge is 0.416 e. The number of hydrogen-bond donors (Lipinski definition) is 0. The van der Waals surface area contributed by atoms with E-state index < -0.39 is 11.7 Å². The van der Waals surface area contributed by atoms with Crippen molar-refractivity contribution in [3.05, 3.63) is 48.4 Å². The average molecular weight is 199 g/mol. The second-order valence-corrected chi connectivity index (χ2v) is 2.81. The quantitative estimate of drug-likeness (QED) is 0.676. The molecular weight excluding hydrogens is 189 g/mol. The van der Waals surface area contributed by atoms with Crippen LogP contribution < -0.4 is 0 Å². The van der Waals surface area contributed by atoms with Crippen LogP contribution in [0.1, 0.15) is 17.5 Å². The molecule has 0 saturated heterocycles. The van der Waals surface area contributed by atoms with Crippen LogP contribution >= 0.6 is 0 Å². The molecule has 14 heavy (non-hydrogen) atoms. The van der Waals surface area contributed by atoms with E-state index in [-0.39, 0.29) is 0 Å². The fourth-order valence-electron chi connectivity index (χ4n) is 1.00. The van der Waals surface area contributed by atoms with Gasteiger partial charge in [-0.05, 0) is 31.0 Å². The highest BCUT2D eigenvalue weighted by Gasteiger charge is 2.29. The van der Waals surface area contributed by atoms with Gasteiger partial charge in [0.2, 0.25) is 0 Å². The number of halogens is 3. The van der Waals surface area contributed by atoms with Crippen LogP contribution in [0.5, 0.6) is 0 Å². The second kappa shape index (κ2) is 4.31. The number of benzene rings is 1. The first-order valence-corrected chi connectivity index (χ1v) is 4.17. The van der Waals surface area contributed by atoms with Gasteiger partial charge in [0.25, 0.3) is 0 Å². The van der Waals surface area contributed by atoms with Crippen LogP contribution in [0.25, 0.3) is 6.08 Å². The van der Waals surface area contributed by atoms with Crippen molar-refractivity contribution in [2.24, 2.45) is 0 Å². The van der Waals surface area contributed by atoms with E-state index in [1.54, 1.807) is 12.2 Å². The first-order valence-electron chi connectivity index (χ1n) is 4.17. The molecule has 3 heteroatoms. The van der Waals surface area contributed by atoms with Crippen LogP contribution in [0.2, 0.25) is 0 Å². The monoisotopic (exact) mass is 199 g/mol. The number of hydrogen-bond acceptors (Lipinski definition) is 0. The van der Waals surface area contributed by atoms with Gasteiger partial charge >= 0.3 is 6.18 Å². The minimum Gasteiger partial charge on any atom is -0.166 e. The predicted octanol–water partition coefficient (Wildman–Crippen LogP) is 3.94. The van der Waals surface area contributed by atoms with Gasteiger partial charge in [-0.25, -0.2) is 0 Å². The van der Waals surface area contributed by atoms with Gasteiger partial charge in [0.05, 0.1) is 5.56 Å². The minimum atomic E-state index is -4.26. The minimum absolute atomic E-state index is 0.621. The van der Waals surface area contributed by atoms with E-state index in [1.807, 2.05) is 0 Å². The first kappa shape index (κ1) is 10.8. The number of allylic oxidation sites excluding steroid dienone is 1. The summed E-state index contributed by atoms with van der Waals surface area (Å²) in [5.74, 6) is 0. The molecule has 0 bridgehead atoms. The Balaban J connectivity index is 2.84. The SMILES string of the molecule is [CH2]C/C=C/c1ccc(C(F)(F)F)cc1. The zero-order chi connectivity index (χ0) is 10.6. The van der Waals surface area contributed by atoms with E-state index in [4.69, 9.17) is 0 Å². The Bertz CT molecular complexity index is 306. The van der Waals surface area contributed by atoms with Crippen molar-refractivity contribution in [1.29, 1.82) is 0 Å². The molecule has 0 nitrogen and oxygen atoms in total. The van der Waals surface area contributed by atoms with E-state index in [1.165, 1.54) is 12.1 Å². The highest BCUT2D eigenvalue weighted by Crippen LogP contribution is 2.29. The predicted molar refractivity (Wildman–Crippen MR) is 50.5 cm³/mol. The smallest absolute Gasteiger partial charge is 0.166 e. The summed E-state index contributed by atoms with van der Waals surface area (Å²) in [6.45, 7) is 3.59. The summed E-state index contributed by atoms with van der Waals surface area (Å²) in [5, 5.41) is 0. The van der Waals surface area contributed by atoms with Gasteiger partial charge in [-0.3, -0.25) is 0 Å². The lowest BCUT2D eigenvalue weighted by Crippen LogP contribution is -2.03. The van der Waals surface area contributed by atoms with Gasteiger partial charge in [-0.15, -0.1) is 0 Å². The molecule has 0 aromatic heterocycles. The normalized spacial score (nSPS) is 12.3. The molecule has 1 radical (unpaired) electrons. The van der Waals surface area contributed by atoms with E-state index in [2.05, 4.69) is 6.92 Å². The fourth-order valence-corrected chi connectivity index (χ4v) is 1.00. The van der Waals surface area contributed by atoms with E-state index in [9.17, 15) is 13.2 Å². The molecule has 0 unspecified atom stereocenters. The molecule has 0 spiro atoms. The van der Waals surface area contributed by atoms with Gasteiger partial charge in [0.15, 0.2) is 0 Å². The molecule has 75 valence electrons. The fraction of sp³-hybridized carbons (Fsp3) is 0.182. The van der Waals surface area contributed by atoms with Crippen LogP contribution in [0, 0.1) is 6.92 Å². The Kier molecular flexibility index (Phi) is 3.33. The molecule has 0 fully saturated rings. The van der Waals surface area contributed by atoms with Gasteiger partial charge in [-0.2, -0.15) is 13.2 Å². The standard InChI is InChI=1S/C11H10F3/c1-2-3-4-9-5-7-10(8-6-9)11(12,13)14/h3-8H,1-2H2/b4-3+. The van der Waals surface area contributed by atoms with Crippen molar-refractivity contribution >= 4 is 6.08 Å². The Hall–Kier alpha value is -1.25. The van der Waals surface area contributed by atoms with Crippen LogP contribution in [-0.4, -0.2) is 0 Å². The summed E-state index contributed by atoms with van der Waals surface area (Å²) in [5.41, 5.74) is 0.130. The second-order valence-electron chi connectivity index (χ2n) is 2.81. The molecule has 0 aliphatic carbocycles. The van der Waals surface area contributed by atoms with Crippen LogP contribution in [-0.2, 0) is 6.18 Å². The molecule has 0 heterocycles. The molecule has 1 rings (SSSR count). The lowest BCUT2D eigenvalue weighted by molar-refractivity contribution is -0.137. The Morgan fingerprint density at radius 3 is 2.14 bits per heavy atom. The molecule has 0 N–H and O–H groups in total. The van der Waals surface area contributed by atoms with Gasteiger partial charge in [-0.1, -0.05) is 24.3 Å². The lowest BCUT2D eigenvalue weighted by Gasteiger charge is -2.05. The van der Waals surface area contributed by atoms with Crippen molar-refractivity contribution in [1.82, 2.24) is 0 Å². The van der Waals surface area contributed by atoms with E-state index in [0.29, 0.717) is 6.42 Å². The van der Waals surface area contributed by atoms with Gasteiger partial charge < -0.3 is 0 Å². The van der Waals surface area contributed by atoms with E-state index >= 15 is 0 Å². The first-order chi connectivity index (χ1) is 6.54. The summed E-state index contributed by atoms with van der Waals surface area (Å²) in [7, 11) is 0. The van der Waals surface area contributed by atoms with Crippen molar-refractivity contribution in [3.8, 4) is 0 Å². The Morgan fingerprint density at radius 2 is 1.71 bits per heavy atom. The van der Waals surface area contributed by atoms with Crippen molar-refractivity contribution in [2.45, 2.75) is 12.6 Å². The third-order valence-electron chi connectivity index (χ3n) is 1.71. The highest BCUT2D eigenvalue weighted by molar-refractivity contribution is 5.49. The maximum Gasteiger partial charge on any atom is 0.416 e. The maximum atomic E-state index is 12.1. The highest BCUT2D eigenvalue weighted by atomic mass is 19.4. The molecule has 0 aliphatic rings. The van der Waals surface area contributed by atoms with Crippen LogP contribution in [0.15, 0.2) is 30.3 Å². The van der Waals surface area contributed by atoms with Crippen LogP contribution in [0.3, 0.4) is 0 Å². The third-order valence-corrected chi connectivity index (χ3v) is 1.71. The molecule has 0 amide bonds. The summed E-state index contributed by atoms with van der Waals surface area (Å²) in [4.78, 5) is 0. The molecule has 1 aromatic rings. The molecular formula is C11H10F3. The summed E-state index contributed by atoms with van der Waals surface area (Å²) in [6.07, 6.45) is -0.0919. The van der Waals surface area contributed by atoms with Gasteiger partial charge in [0, 0.05) is 0 Å². The van der Waals surface area contributed by atoms with Gasteiger partial charge in [0.1, 0.15) is 0 Å². The molecule has 0 aliphatic heterocycles. The Morgan fingerprint density at radius 1 is 1.14 bits per heavy atom. The zero-order valence-electron chi connectivity index (χ0n) is 7.51. The molecule has 0 saturated carbocycles. The molecule has 0 atom stereocenters. The van der Waals surface area contributed by atoms with Crippen molar-refractivity contribution in [2.75, 3.05) is 0 Å². The average Bonchev–Trinajstić information content (AvgIpc) is 2.14. The summed E-state index contributed by atoms with van der Waals surface area (Å²) < 4.78 is 36.4. The number of alkyl halides is 3. The molecule has 1 aromatic carbocycles.